The smallest absolute Gasteiger partial charge is 0.218 e. The summed E-state index contributed by atoms with van der Waals surface area (Å²) in [5.74, 6) is 4.65. The Morgan fingerprint density at radius 2 is 2.00 bits per heavy atom. The number of nitrogens with two attached hydrogens (primary N) is 1. The van der Waals surface area contributed by atoms with E-state index in [9.17, 15) is 0 Å². The number of hydrogen-bond acceptors (Lipinski definition) is 6. The second-order valence-corrected chi connectivity index (χ2v) is 8.25. The van der Waals surface area contributed by atoms with E-state index in [-0.39, 0.29) is 0 Å². The zero-order chi connectivity index (χ0) is 20.1. The molecule has 2 unspecified atom stereocenters. The Balaban J connectivity index is 1.43. The Bertz CT molecular complexity index is 742. The first-order valence-corrected chi connectivity index (χ1v) is 10.4. The Labute approximate surface area is 172 Å². The van der Waals surface area contributed by atoms with Crippen LogP contribution in [0.2, 0.25) is 5.02 Å². The van der Waals surface area contributed by atoms with Gasteiger partial charge in [0.15, 0.2) is 0 Å². The highest BCUT2D eigenvalue weighted by atomic mass is 35.5. The minimum absolute atomic E-state index is 0.450. The van der Waals surface area contributed by atoms with Gasteiger partial charge in [-0.15, -0.1) is 0 Å². The highest BCUT2D eigenvalue weighted by Crippen LogP contribution is 2.32. The van der Waals surface area contributed by atoms with Gasteiger partial charge in [0.1, 0.15) is 17.5 Å². The van der Waals surface area contributed by atoms with Gasteiger partial charge in [-0.05, 0) is 56.1 Å². The second-order valence-electron chi connectivity index (χ2n) is 7.81. The molecule has 28 heavy (non-hydrogen) atoms. The lowest BCUT2D eigenvalue weighted by molar-refractivity contribution is 0.184. The second kappa shape index (κ2) is 9.41. The van der Waals surface area contributed by atoms with Crippen LogP contribution < -0.4 is 15.4 Å². The van der Waals surface area contributed by atoms with E-state index in [0.29, 0.717) is 41.0 Å². The van der Waals surface area contributed by atoms with E-state index in [0.717, 1.165) is 31.2 Å². The molecule has 1 saturated heterocycles. The molecule has 0 saturated carbocycles. The molecule has 3 rings (SSSR count). The lowest BCUT2D eigenvalue weighted by Gasteiger charge is -2.37. The molecule has 1 aliphatic heterocycles. The van der Waals surface area contributed by atoms with Gasteiger partial charge in [-0.25, -0.2) is 9.97 Å². The van der Waals surface area contributed by atoms with Crippen LogP contribution in [0.5, 0.6) is 5.88 Å². The number of nitrogen functional groups attached to an aromatic ring is 1. The van der Waals surface area contributed by atoms with Crippen molar-refractivity contribution in [2.45, 2.75) is 40.0 Å². The first kappa shape index (κ1) is 20.6. The summed E-state index contributed by atoms with van der Waals surface area (Å²) < 4.78 is 5.80. The third kappa shape index (κ3) is 5.47. The summed E-state index contributed by atoms with van der Waals surface area (Å²) in [5.41, 5.74) is 5.75. The Morgan fingerprint density at radius 1 is 1.25 bits per heavy atom. The van der Waals surface area contributed by atoms with Gasteiger partial charge < -0.3 is 15.4 Å². The van der Waals surface area contributed by atoms with E-state index in [2.05, 4.69) is 33.7 Å². The first-order valence-electron chi connectivity index (χ1n) is 10.0. The fourth-order valence-corrected chi connectivity index (χ4v) is 4.03. The van der Waals surface area contributed by atoms with Gasteiger partial charge in [-0.3, -0.25) is 0 Å². The highest BCUT2D eigenvalue weighted by molar-refractivity contribution is 6.30. The predicted molar refractivity (Wildman–Crippen MR) is 114 cm³/mol. The lowest BCUT2D eigenvalue weighted by atomic mass is 9.77. The first-order chi connectivity index (χ1) is 13.4. The number of hydrogen-bond donors (Lipinski definition) is 1. The lowest BCUT2D eigenvalue weighted by Crippen LogP contribution is -2.37. The van der Waals surface area contributed by atoms with Crippen molar-refractivity contribution < 1.29 is 4.74 Å². The topological polar surface area (TPSA) is 77.2 Å². The third-order valence-corrected chi connectivity index (χ3v) is 6.10. The van der Waals surface area contributed by atoms with Crippen LogP contribution in [0.15, 0.2) is 24.4 Å². The van der Waals surface area contributed by atoms with Gasteiger partial charge in [-0.2, -0.15) is 4.98 Å². The van der Waals surface area contributed by atoms with Crippen LogP contribution in [0.4, 0.5) is 11.6 Å². The number of aryl methyl sites for hydroxylation is 1. The van der Waals surface area contributed by atoms with E-state index >= 15 is 0 Å². The quantitative estimate of drug-likeness (QED) is 0.739. The van der Waals surface area contributed by atoms with Crippen LogP contribution in [-0.4, -0.2) is 34.6 Å². The Kier molecular flexibility index (Phi) is 6.94. The Hall–Kier alpha value is -2.08. The molecule has 2 aromatic heterocycles. The van der Waals surface area contributed by atoms with Crippen LogP contribution in [0.1, 0.15) is 38.9 Å². The minimum atomic E-state index is 0.450. The number of rotatable bonds is 7. The predicted octanol–water partition coefficient (Wildman–Crippen LogP) is 4.37. The summed E-state index contributed by atoms with van der Waals surface area (Å²) in [7, 11) is 0. The van der Waals surface area contributed by atoms with Gasteiger partial charge in [0, 0.05) is 25.4 Å². The molecule has 0 bridgehead atoms. The average molecular weight is 404 g/mol. The molecule has 1 fully saturated rings. The van der Waals surface area contributed by atoms with E-state index in [1.165, 1.54) is 12.8 Å². The molecule has 0 spiro atoms. The molecule has 0 aromatic carbocycles. The van der Waals surface area contributed by atoms with Crippen LogP contribution >= 0.6 is 11.6 Å². The number of pyridine rings is 1. The van der Waals surface area contributed by atoms with Crippen LogP contribution in [0, 0.1) is 24.7 Å². The van der Waals surface area contributed by atoms with E-state index in [1.807, 2.05) is 19.1 Å². The van der Waals surface area contributed by atoms with Gasteiger partial charge in [0.05, 0.1) is 11.6 Å². The molecular formula is C21H30ClN5O. The molecule has 2 aromatic rings. The number of anilines is 2. The van der Waals surface area contributed by atoms with E-state index in [4.69, 9.17) is 22.1 Å². The van der Waals surface area contributed by atoms with Crippen LogP contribution in [0.25, 0.3) is 0 Å². The van der Waals surface area contributed by atoms with Crippen molar-refractivity contribution in [2.75, 3.05) is 30.3 Å². The maximum atomic E-state index is 5.94. The molecular weight excluding hydrogens is 374 g/mol. The van der Waals surface area contributed by atoms with Gasteiger partial charge in [-0.1, -0.05) is 25.4 Å². The van der Waals surface area contributed by atoms with Crippen LogP contribution in [0.3, 0.4) is 0 Å². The van der Waals surface area contributed by atoms with E-state index < -0.39 is 0 Å². The zero-order valence-electron chi connectivity index (χ0n) is 16.9. The third-order valence-electron chi connectivity index (χ3n) is 5.87. The van der Waals surface area contributed by atoms with Crippen molar-refractivity contribution in [3.05, 3.63) is 35.2 Å². The molecule has 2 N–H and O–H groups in total. The minimum Gasteiger partial charge on any atom is -0.478 e. The SMILES string of the molecule is Cc1nc(N)cc(OCCC(C)C(C)C2CCN(c3ccc(Cl)cn3)CC2)n1. The zero-order valence-corrected chi connectivity index (χ0v) is 17.7. The molecule has 3 heterocycles. The number of halogens is 1. The monoisotopic (exact) mass is 403 g/mol. The fourth-order valence-electron chi connectivity index (χ4n) is 3.92. The number of piperidine rings is 1. The van der Waals surface area contributed by atoms with Crippen molar-refractivity contribution >= 4 is 23.2 Å². The molecule has 2 atom stereocenters. The molecule has 152 valence electrons. The summed E-state index contributed by atoms with van der Waals surface area (Å²) in [5, 5.41) is 0.683. The van der Waals surface area contributed by atoms with Gasteiger partial charge in [0.2, 0.25) is 5.88 Å². The summed E-state index contributed by atoms with van der Waals surface area (Å²) in [6.45, 7) is 9.26. The number of aromatic nitrogens is 3. The van der Waals surface area contributed by atoms with Gasteiger partial charge in [0.25, 0.3) is 0 Å². The maximum Gasteiger partial charge on any atom is 0.218 e. The summed E-state index contributed by atoms with van der Waals surface area (Å²) in [4.78, 5) is 15.1. The maximum absolute atomic E-state index is 5.94. The van der Waals surface area contributed by atoms with Crippen molar-refractivity contribution in [3.8, 4) is 5.88 Å². The standard InChI is InChI=1S/C21H30ClN5O/c1-14(8-11-28-21-12-19(23)25-16(3)26-21)15(2)17-6-9-27(10-7-17)20-5-4-18(22)13-24-20/h4-5,12-15,17H,6-11H2,1-3H3,(H2,23,25,26). The molecule has 6 nitrogen and oxygen atoms in total. The highest BCUT2D eigenvalue weighted by Gasteiger charge is 2.27. The van der Waals surface area contributed by atoms with Gasteiger partial charge >= 0.3 is 0 Å². The fraction of sp³-hybridized carbons (Fsp3) is 0.571. The van der Waals surface area contributed by atoms with Crippen molar-refractivity contribution in [1.82, 2.24) is 15.0 Å². The van der Waals surface area contributed by atoms with E-state index in [1.54, 1.807) is 12.3 Å². The Morgan fingerprint density at radius 3 is 2.64 bits per heavy atom. The summed E-state index contributed by atoms with van der Waals surface area (Å²) >= 11 is 5.94. The van der Waals surface area contributed by atoms with Crippen molar-refractivity contribution in [3.63, 3.8) is 0 Å². The van der Waals surface area contributed by atoms with Crippen LogP contribution in [-0.2, 0) is 0 Å². The van der Waals surface area contributed by atoms with Crippen molar-refractivity contribution in [2.24, 2.45) is 17.8 Å². The molecule has 0 aliphatic carbocycles. The summed E-state index contributed by atoms with van der Waals surface area (Å²) in [6, 6.07) is 5.60. The molecule has 1 aliphatic rings. The number of nitrogens with zero attached hydrogens (tertiary/aromatic N) is 4. The number of ether oxygens (including phenoxy) is 1. The normalized spacial score (nSPS) is 17.4. The molecule has 0 amide bonds. The molecule has 0 radical (unpaired) electrons. The molecule has 7 heteroatoms. The largest absolute Gasteiger partial charge is 0.478 e. The summed E-state index contributed by atoms with van der Waals surface area (Å²) in [6.07, 6.45) is 5.11. The van der Waals surface area contributed by atoms with Crippen molar-refractivity contribution in [1.29, 1.82) is 0 Å². The average Bonchev–Trinajstić information content (AvgIpc) is 2.67.